The second-order valence-corrected chi connectivity index (χ2v) is 8.28. The van der Waals surface area contributed by atoms with Gasteiger partial charge in [0.1, 0.15) is 12.4 Å². The molecule has 2 aliphatic heterocycles. The number of halogens is 4. The lowest BCUT2D eigenvalue weighted by Crippen LogP contribution is -2.49. The van der Waals surface area contributed by atoms with Crippen molar-refractivity contribution in [3.05, 3.63) is 65.7 Å². The summed E-state index contributed by atoms with van der Waals surface area (Å²) in [5.74, 6) is 1.17. The summed E-state index contributed by atoms with van der Waals surface area (Å²) in [5.41, 5.74) is 2.19. The fourth-order valence-electron chi connectivity index (χ4n) is 3.94. The van der Waals surface area contributed by atoms with E-state index in [0.717, 1.165) is 30.9 Å². The predicted octanol–water partition coefficient (Wildman–Crippen LogP) is 4.96. The third kappa shape index (κ3) is 7.51. The minimum atomic E-state index is -4.11. The molecule has 7 heteroatoms. The molecule has 0 N–H and O–H groups in total. The molecule has 0 aromatic heterocycles. The van der Waals surface area contributed by atoms with Crippen molar-refractivity contribution in [3.8, 4) is 5.75 Å². The molecule has 0 radical (unpaired) electrons. The van der Waals surface area contributed by atoms with Gasteiger partial charge in [0.05, 0.1) is 13.2 Å². The fraction of sp³-hybridized carbons (Fsp3) is 0.500. The minimum absolute atomic E-state index is 0.0449. The molecule has 170 valence electrons. The Morgan fingerprint density at radius 2 is 1.61 bits per heavy atom. The highest BCUT2D eigenvalue weighted by molar-refractivity contribution is 5.30. The first-order valence-electron chi connectivity index (χ1n) is 10.7. The lowest BCUT2D eigenvalue weighted by atomic mass is 9.95. The van der Waals surface area contributed by atoms with Crippen molar-refractivity contribution in [1.29, 1.82) is 0 Å². The summed E-state index contributed by atoms with van der Waals surface area (Å²) in [6, 6.07) is 17.4. The number of likely N-dealkylation sites (tertiary alicyclic amines) is 1. The number of benzene rings is 2. The Kier molecular flexibility index (Phi) is 8.32. The quantitative estimate of drug-likeness (QED) is 0.593. The monoisotopic (exact) mass is 438 g/mol. The molecule has 4 rings (SSSR count). The van der Waals surface area contributed by atoms with Gasteiger partial charge >= 0.3 is 6.18 Å². The Morgan fingerprint density at radius 3 is 2.26 bits per heavy atom. The molecular formula is C24H30F4N2O. The average molecular weight is 439 g/mol. The van der Waals surface area contributed by atoms with Crippen LogP contribution in [0.3, 0.4) is 0 Å². The van der Waals surface area contributed by atoms with Gasteiger partial charge < -0.3 is 4.74 Å². The number of nitrogens with zero attached hydrogens (tertiary/aromatic N) is 2. The van der Waals surface area contributed by atoms with E-state index in [9.17, 15) is 17.6 Å². The van der Waals surface area contributed by atoms with Gasteiger partial charge in [-0.1, -0.05) is 42.5 Å². The summed E-state index contributed by atoms with van der Waals surface area (Å²) in [7, 11) is 0. The molecule has 1 unspecified atom stereocenters. The van der Waals surface area contributed by atoms with E-state index in [1.807, 2.05) is 61.5 Å². The van der Waals surface area contributed by atoms with Crippen molar-refractivity contribution in [3.63, 3.8) is 0 Å². The van der Waals surface area contributed by atoms with Crippen LogP contribution in [-0.4, -0.2) is 61.5 Å². The Bertz CT molecular complexity index is 794. The first-order chi connectivity index (χ1) is 14.8. The maximum atomic E-state index is 12.3. The van der Waals surface area contributed by atoms with Crippen LogP contribution in [-0.2, 0) is 13.0 Å². The predicted molar refractivity (Wildman–Crippen MR) is 114 cm³/mol. The molecule has 0 amide bonds. The van der Waals surface area contributed by atoms with Gasteiger partial charge in [-0.05, 0) is 36.6 Å². The summed E-state index contributed by atoms with van der Waals surface area (Å²) >= 11 is 0. The zero-order chi connectivity index (χ0) is 22.3. The van der Waals surface area contributed by atoms with Crippen LogP contribution in [0, 0.1) is 5.92 Å². The smallest absolute Gasteiger partial charge is 0.401 e. The highest BCUT2D eigenvalue weighted by Gasteiger charge is 2.34. The van der Waals surface area contributed by atoms with Gasteiger partial charge in [-0.3, -0.25) is 14.2 Å². The molecule has 0 aliphatic carbocycles. The molecule has 31 heavy (non-hydrogen) atoms. The van der Waals surface area contributed by atoms with Crippen molar-refractivity contribution in [2.75, 3.05) is 39.5 Å². The van der Waals surface area contributed by atoms with Gasteiger partial charge in [0.2, 0.25) is 0 Å². The van der Waals surface area contributed by atoms with Crippen molar-refractivity contribution in [1.82, 2.24) is 9.80 Å². The molecule has 2 heterocycles. The number of ether oxygens (including phenoxy) is 1. The van der Waals surface area contributed by atoms with E-state index < -0.39 is 12.7 Å². The van der Waals surface area contributed by atoms with Crippen LogP contribution in [0.25, 0.3) is 0 Å². The number of rotatable bonds is 6. The van der Waals surface area contributed by atoms with Crippen molar-refractivity contribution in [2.24, 2.45) is 5.92 Å². The first kappa shape index (κ1) is 23.5. The zero-order valence-electron chi connectivity index (χ0n) is 17.8. The largest absolute Gasteiger partial charge is 0.492 e. The van der Waals surface area contributed by atoms with Crippen molar-refractivity contribution in [2.45, 2.75) is 32.1 Å². The average Bonchev–Trinajstić information content (AvgIpc) is 2.70. The Balaban J connectivity index is 0.000000176. The van der Waals surface area contributed by atoms with E-state index >= 15 is 0 Å². The second kappa shape index (κ2) is 11.0. The molecule has 1 atom stereocenters. The third-order valence-electron chi connectivity index (χ3n) is 5.68. The lowest BCUT2D eigenvalue weighted by Gasteiger charge is -2.37. The van der Waals surface area contributed by atoms with Crippen LogP contribution in [0.4, 0.5) is 17.6 Å². The van der Waals surface area contributed by atoms with Crippen LogP contribution in [0.1, 0.15) is 18.1 Å². The van der Waals surface area contributed by atoms with Gasteiger partial charge in [0, 0.05) is 38.1 Å². The highest BCUT2D eigenvalue weighted by atomic mass is 19.4. The molecule has 1 saturated heterocycles. The van der Waals surface area contributed by atoms with E-state index in [-0.39, 0.29) is 18.6 Å². The van der Waals surface area contributed by atoms with E-state index in [4.69, 9.17) is 4.74 Å². The number of para-hydroxylation sites is 1. The van der Waals surface area contributed by atoms with Crippen molar-refractivity contribution < 1.29 is 22.3 Å². The molecule has 0 spiro atoms. The zero-order valence-corrected chi connectivity index (χ0v) is 17.8. The lowest BCUT2D eigenvalue weighted by molar-refractivity contribution is -0.152. The van der Waals surface area contributed by atoms with E-state index in [2.05, 4.69) is 4.90 Å². The Hall–Kier alpha value is -2.12. The number of fused-ring (bicyclic) bond motifs is 1. The normalized spacial score (nSPS) is 19.7. The molecule has 0 saturated carbocycles. The topological polar surface area (TPSA) is 15.7 Å². The van der Waals surface area contributed by atoms with Gasteiger partial charge in [-0.25, -0.2) is 0 Å². The SMILES string of the molecule is CC1Cc2ccccc2CN1CC(F)(F)F.FCC1CN(CCOc2ccccc2)C1. The van der Waals surface area contributed by atoms with Gasteiger partial charge in [-0.2, -0.15) is 13.2 Å². The maximum absolute atomic E-state index is 12.3. The van der Waals surface area contributed by atoms with Gasteiger partial charge in [-0.15, -0.1) is 0 Å². The number of hydrogen-bond acceptors (Lipinski definition) is 3. The Labute approximate surface area is 181 Å². The molecule has 2 aliphatic rings. The molecule has 2 aromatic carbocycles. The summed E-state index contributed by atoms with van der Waals surface area (Å²) in [6.07, 6.45) is -3.41. The molecule has 0 bridgehead atoms. The maximum Gasteiger partial charge on any atom is 0.401 e. The van der Waals surface area contributed by atoms with E-state index in [1.165, 1.54) is 10.5 Å². The summed E-state index contributed by atoms with van der Waals surface area (Å²) in [4.78, 5) is 3.70. The van der Waals surface area contributed by atoms with Gasteiger partial charge in [0.25, 0.3) is 0 Å². The molecule has 3 nitrogen and oxygen atoms in total. The second-order valence-electron chi connectivity index (χ2n) is 8.28. The summed E-state index contributed by atoms with van der Waals surface area (Å²) < 4.78 is 54.7. The molecule has 2 aromatic rings. The van der Waals surface area contributed by atoms with Crippen LogP contribution in [0.15, 0.2) is 54.6 Å². The minimum Gasteiger partial charge on any atom is -0.492 e. The molecule has 1 fully saturated rings. The molecular weight excluding hydrogens is 408 g/mol. The Morgan fingerprint density at radius 1 is 0.968 bits per heavy atom. The first-order valence-corrected chi connectivity index (χ1v) is 10.7. The van der Waals surface area contributed by atoms with Crippen LogP contribution < -0.4 is 4.74 Å². The van der Waals surface area contributed by atoms with E-state index in [0.29, 0.717) is 19.6 Å². The van der Waals surface area contributed by atoms with E-state index in [1.54, 1.807) is 0 Å². The van der Waals surface area contributed by atoms with Crippen LogP contribution in [0.2, 0.25) is 0 Å². The fourth-order valence-corrected chi connectivity index (χ4v) is 3.94. The number of hydrogen-bond donors (Lipinski definition) is 0. The highest BCUT2D eigenvalue weighted by Crippen LogP contribution is 2.26. The van der Waals surface area contributed by atoms with Crippen LogP contribution >= 0.6 is 0 Å². The van der Waals surface area contributed by atoms with Crippen LogP contribution in [0.5, 0.6) is 5.75 Å². The van der Waals surface area contributed by atoms with Gasteiger partial charge in [0.15, 0.2) is 0 Å². The summed E-state index contributed by atoms with van der Waals surface area (Å²) in [5, 5.41) is 0. The van der Waals surface area contributed by atoms with Crippen molar-refractivity contribution >= 4 is 0 Å². The number of alkyl halides is 4. The summed E-state index contributed by atoms with van der Waals surface area (Å²) in [6.45, 7) is 4.59. The third-order valence-corrected chi connectivity index (χ3v) is 5.68. The standard InChI is InChI=1S/C12H14F3N.C12H16FNO/c1-9-6-10-4-2-3-5-11(10)7-16(9)8-12(13,14)15;13-8-11-9-14(10-11)6-7-15-12-4-2-1-3-5-12/h2-5,9H,6-8H2,1H3;1-5,11H,6-10H2.